The molecule has 2 aromatic rings. The second-order valence-corrected chi connectivity index (χ2v) is 8.40. The highest BCUT2D eigenvalue weighted by Crippen LogP contribution is 2.37. The number of nitrogens with one attached hydrogen (secondary N) is 2. The molecule has 0 atom stereocenters. The smallest absolute Gasteiger partial charge is 0.452 e. The summed E-state index contributed by atoms with van der Waals surface area (Å²) in [6.07, 6.45) is -1.19. The Bertz CT molecular complexity index is 1030. The molecular formula is C23H26F3N3O5. The predicted octanol–water partition coefficient (Wildman–Crippen LogP) is 4.51. The van der Waals surface area contributed by atoms with Crippen LogP contribution in [0.2, 0.25) is 0 Å². The number of carbonyl (C=O) groups is 3. The second-order valence-electron chi connectivity index (χ2n) is 8.40. The van der Waals surface area contributed by atoms with Gasteiger partial charge in [0.15, 0.2) is 11.6 Å². The zero-order valence-corrected chi connectivity index (χ0v) is 18.6. The topological polar surface area (TPSA) is 122 Å². The Kier molecular flexibility index (Phi) is 7.95. The maximum absolute atomic E-state index is 12.9. The van der Waals surface area contributed by atoms with Crippen LogP contribution < -0.4 is 10.6 Å². The van der Waals surface area contributed by atoms with Gasteiger partial charge in [-0.15, -0.1) is 0 Å². The van der Waals surface area contributed by atoms with Crippen LogP contribution in [0.1, 0.15) is 72.1 Å². The van der Waals surface area contributed by atoms with Crippen molar-refractivity contribution in [1.29, 1.82) is 0 Å². The van der Waals surface area contributed by atoms with Gasteiger partial charge in [0, 0.05) is 32.0 Å². The highest BCUT2D eigenvalue weighted by atomic mass is 19.4. The zero-order chi connectivity index (χ0) is 24.9. The molecule has 3 N–H and O–H groups in total. The Hall–Kier alpha value is -3.37. The summed E-state index contributed by atoms with van der Waals surface area (Å²) in [5, 5.41) is 13.9. The number of hydrogen-bond donors (Lipinski definition) is 3. The van der Waals surface area contributed by atoms with Crippen LogP contribution in [-0.2, 0) is 15.8 Å². The van der Waals surface area contributed by atoms with E-state index in [0.29, 0.717) is 11.6 Å². The summed E-state index contributed by atoms with van der Waals surface area (Å²) < 4.78 is 43.3. The van der Waals surface area contributed by atoms with Gasteiger partial charge in [0.1, 0.15) is 0 Å². The van der Waals surface area contributed by atoms with Crippen LogP contribution in [0.5, 0.6) is 0 Å². The number of carboxylic acid groups (broad SMARTS) is 1. The first-order chi connectivity index (χ1) is 16.0. The largest absolute Gasteiger partial charge is 0.481 e. The molecule has 0 spiro atoms. The van der Waals surface area contributed by atoms with Crippen LogP contribution in [0, 0.1) is 12.8 Å². The number of carboxylic acids is 1. The summed E-state index contributed by atoms with van der Waals surface area (Å²) >= 11 is 0. The lowest BCUT2D eigenvalue weighted by molar-refractivity contribution is -0.153. The van der Waals surface area contributed by atoms with Gasteiger partial charge < -0.3 is 20.2 Å². The standard InChI is InChI=1S/C23H26F3N3O5/c1-13-28-20(21(34-13)23(24,25)26)22(33)27-11-10-18(30)29-17-8-6-16(7-9-17)15-4-2-14(3-5-15)12-19(31)32/h6-9,14-15H,2-5,10-12H2,1H3,(H,27,33)(H,29,30)(H,31,32)/t14-,15-. The molecule has 2 amide bonds. The molecule has 1 aromatic heterocycles. The third-order valence-electron chi connectivity index (χ3n) is 5.82. The SMILES string of the molecule is Cc1nc(C(=O)NCCC(=O)Nc2ccc([C@H]3CC[C@H](CC(=O)O)CC3)cc2)c(C(F)(F)F)o1. The van der Waals surface area contributed by atoms with Crippen LogP contribution in [0.4, 0.5) is 18.9 Å². The molecular weight excluding hydrogens is 455 g/mol. The second kappa shape index (κ2) is 10.7. The van der Waals surface area contributed by atoms with E-state index in [9.17, 15) is 27.6 Å². The Morgan fingerprint density at radius 3 is 2.35 bits per heavy atom. The summed E-state index contributed by atoms with van der Waals surface area (Å²) in [6.45, 7) is 1.03. The number of carbonyl (C=O) groups excluding carboxylic acids is 2. The quantitative estimate of drug-likeness (QED) is 0.510. The fraction of sp³-hybridized carbons (Fsp3) is 0.478. The number of anilines is 1. The predicted molar refractivity (Wildman–Crippen MR) is 115 cm³/mol. The Morgan fingerprint density at radius 2 is 1.76 bits per heavy atom. The maximum atomic E-state index is 12.9. The van der Waals surface area contributed by atoms with Crippen molar-refractivity contribution in [3.63, 3.8) is 0 Å². The molecule has 8 nitrogen and oxygen atoms in total. The van der Waals surface area contributed by atoms with Crippen LogP contribution in [-0.4, -0.2) is 34.4 Å². The van der Waals surface area contributed by atoms with Crippen molar-refractivity contribution in [2.45, 2.75) is 57.5 Å². The van der Waals surface area contributed by atoms with E-state index in [1.807, 2.05) is 12.1 Å². The number of rotatable bonds is 8. The molecule has 34 heavy (non-hydrogen) atoms. The fourth-order valence-electron chi connectivity index (χ4n) is 4.16. The summed E-state index contributed by atoms with van der Waals surface area (Å²) in [7, 11) is 0. The highest BCUT2D eigenvalue weighted by molar-refractivity contribution is 5.94. The van der Waals surface area contributed by atoms with Crippen LogP contribution in [0.25, 0.3) is 0 Å². The van der Waals surface area contributed by atoms with Gasteiger partial charge in [0.2, 0.25) is 11.7 Å². The average Bonchev–Trinajstić information content (AvgIpc) is 3.17. The molecule has 1 aromatic carbocycles. The number of nitrogens with zero attached hydrogens (tertiary/aromatic N) is 1. The van der Waals surface area contributed by atoms with Gasteiger partial charge in [-0.25, -0.2) is 4.98 Å². The lowest BCUT2D eigenvalue weighted by Crippen LogP contribution is -2.29. The molecule has 0 unspecified atom stereocenters. The summed E-state index contributed by atoms with van der Waals surface area (Å²) in [5.74, 6) is -3.42. The van der Waals surface area contributed by atoms with Crippen molar-refractivity contribution in [3.8, 4) is 0 Å². The van der Waals surface area contributed by atoms with Gasteiger partial charge in [-0.3, -0.25) is 14.4 Å². The van der Waals surface area contributed by atoms with E-state index in [1.165, 1.54) is 6.92 Å². The number of oxazole rings is 1. The maximum Gasteiger partial charge on any atom is 0.452 e. The number of aromatic nitrogens is 1. The Labute approximate surface area is 193 Å². The van der Waals surface area contributed by atoms with Gasteiger partial charge >= 0.3 is 12.1 Å². The van der Waals surface area contributed by atoms with Gasteiger partial charge in [-0.2, -0.15) is 13.2 Å². The molecule has 1 fully saturated rings. The molecule has 184 valence electrons. The minimum atomic E-state index is -4.85. The van der Waals surface area contributed by atoms with E-state index >= 15 is 0 Å². The molecule has 0 bridgehead atoms. The Balaban J connectivity index is 1.44. The van der Waals surface area contributed by atoms with E-state index in [-0.39, 0.29) is 31.2 Å². The molecule has 0 radical (unpaired) electrons. The van der Waals surface area contributed by atoms with Crippen molar-refractivity contribution in [3.05, 3.63) is 47.2 Å². The third-order valence-corrected chi connectivity index (χ3v) is 5.82. The van der Waals surface area contributed by atoms with Crippen LogP contribution in [0.3, 0.4) is 0 Å². The number of hydrogen-bond acceptors (Lipinski definition) is 5. The minimum Gasteiger partial charge on any atom is -0.481 e. The normalized spacial score (nSPS) is 18.4. The van der Waals surface area contributed by atoms with Crippen molar-refractivity contribution < 1.29 is 37.1 Å². The average molecular weight is 481 g/mol. The van der Waals surface area contributed by atoms with Crippen molar-refractivity contribution in [2.24, 2.45) is 5.92 Å². The van der Waals surface area contributed by atoms with E-state index in [0.717, 1.165) is 31.2 Å². The number of amides is 2. The lowest BCUT2D eigenvalue weighted by Gasteiger charge is -2.28. The van der Waals surface area contributed by atoms with E-state index in [1.54, 1.807) is 12.1 Å². The summed E-state index contributed by atoms with van der Waals surface area (Å²) in [5.41, 5.74) is 0.825. The Morgan fingerprint density at radius 1 is 1.12 bits per heavy atom. The molecule has 1 heterocycles. The van der Waals surface area contributed by atoms with Crippen LogP contribution in [0.15, 0.2) is 28.7 Å². The monoisotopic (exact) mass is 481 g/mol. The third kappa shape index (κ3) is 6.82. The van der Waals surface area contributed by atoms with E-state index in [2.05, 4.69) is 20.0 Å². The molecule has 0 saturated heterocycles. The number of benzene rings is 1. The van der Waals surface area contributed by atoms with E-state index in [4.69, 9.17) is 5.11 Å². The molecule has 1 saturated carbocycles. The number of aryl methyl sites for hydroxylation is 1. The first kappa shape index (κ1) is 25.3. The van der Waals surface area contributed by atoms with Crippen molar-refractivity contribution >= 4 is 23.5 Å². The van der Waals surface area contributed by atoms with Gasteiger partial charge in [0.05, 0.1) is 0 Å². The minimum absolute atomic E-state index is 0.140. The summed E-state index contributed by atoms with van der Waals surface area (Å²) in [4.78, 5) is 38.5. The molecule has 0 aliphatic heterocycles. The fourth-order valence-corrected chi connectivity index (χ4v) is 4.16. The number of aliphatic carboxylic acids is 1. The number of alkyl halides is 3. The zero-order valence-electron chi connectivity index (χ0n) is 18.6. The van der Waals surface area contributed by atoms with Gasteiger partial charge in [-0.1, -0.05) is 12.1 Å². The van der Waals surface area contributed by atoms with E-state index < -0.39 is 35.4 Å². The van der Waals surface area contributed by atoms with Crippen molar-refractivity contribution in [1.82, 2.24) is 10.3 Å². The first-order valence-corrected chi connectivity index (χ1v) is 11.0. The molecule has 11 heteroatoms. The van der Waals surface area contributed by atoms with Crippen molar-refractivity contribution in [2.75, 3.05) is 11.9 Å². The molecule has 1 aliphatic carbocycles. The first-order valence-electron chi connectivity index (χ1n) is 11.0. The lowest BCUT2D eigenvalue weighted by atomic mass is 9.77. The van der Waals surface area contributed by atoms with Gasteiger partial charge in [-0.05, 0) is 55.2 Å². The van der Waals surface area contributed by atoms with Gasteiger partial charge in [0.25, 0.3) is 5.91 Å². The number of halogens is 3. The highest BCUT2D eigenvalue weighted by Gasteiger charge is 2.41. The van der Waals surface area contributed by atoms with Crippen LogP contribution >= 0.6 is 0 Å². The summed E-state index contributed by atoms with van der Waals surface area (Å²) in [6, 6.07) is 7.38. The molecule has 3 rings (SSSR count). The molecule has 1 aliphatic rings.